The Morgan fingerprint density at radius 2 is 0.478 bits per heavy atom. The molecule has 0 heterocycles. The first-order valence-electron chi connectivity index (χ1n) is 30.5. The number of esters is 3. The van der Waals surface area contributed by atoms with Gasteiger partial charge in [-0.05, 0) is 96.3 Å². The van der Waals surface area contributed by atoms with Gasteiger partial charge in [0.2, 0.25) is 0 Å². The Morgan fingerprint density at radius 1 is 0.275 bits per heavy atom. The van der Waals surface area contributed by atoms with Crippen LogP contribution in [-0.4, -0.2) is 37.2 Å². The molecule has 69 heavy (non-hydrogen) atoms. The molecule has 0 aromatic carbocycles. The lowest BCUT2D eigenvalue weighted by Crippen LogP contribution is -2.30. The minimum Gasteiger partial charge on any atom is -0.462 e. The van der Waals surface area contributed by atoms with E-state index in [1.807, 2.05) is 0 Å². The van der Waals surface area contributed by atoms with Crippen LogP contribution in [0.5, 0.6) is 0 Å². The van der Waals surface area contributed by atoms with Crippen LogP contribution in [-0.2, 0) is 28.6 Å². The van der Waals surface area contributed by atoms with Crippen molar-refractivity contribution < 1.29 is 28.6 Å². The Hall–Kier alpha value is -2.37. The average Bonchev–Trinajstić information content (AvgIpc) is 3.35. The zero-order chi connectivity index (χ0) is 50.0. The molecule has 0 fully saturated rings. The normalized spacial score (nSPS) is 12.2. The number of allylic oxidation sites excluding steroid dienone is 6. The van der Waals surface area contributed by atoms with Gasteiger partial charge in [-0.15, -0.1) is 0 Å². The van der Waals surface area contributed by atoms with Crippen molar-refractivity contribution in [3.05, 3.63) is 36.5 Å². The lowest BCUT2D eigenvalue weighted by Gasteiger charge is -2.18. The Labute approximate surface area is 429 Å². The topological polar surface area (TPSA) is 78.9 Å². The van der Waals surface area contributed by atoms with Crippen molar-refractivity contribution in [2.75, 3.05) is 13.2 Å². The number of hydrogen-bond donors (Lipinski definition) is 0. The molecular weight excluding hydrogens is 853 g/mol. The molecular formula is C63H116O6. The summed E-state index contributed by atoms with van der Waals surface area (Å²) >= 11 is 0. The van der Waals surface area contributed by atoms with E-state index in [9.17, 15) is 14.4 Å². The fraction of sp³-hybridized carbons (Fsp3) is 0.857. The summed E-state index contributed by atoms with van der Waals surface area (Å²) in [6.45, 7) is 6.65. The molecule has 0 bridgehead atoms. The van der Waals surface area contributed by atoms with Crippen molar-refractivity contribution in [1.29, 1.82) is 0 Å². The van der Waals surface area contributed by atoms with E-state index in [1.54, 1.807) is 0 Å². The number of ether oxygens (including phenoxy) is 3. The lowest BCUT2D eigenvalue weighted by atomic mass is 10.0. The molecule has 0 amide bonds. The van der Waals surface area contributed by atoms with E-state index in [-0.39, 0.29) is 31.1 Å². The quantitative estimate of drug-likeness (QED) is 0.0261. The second-order valence-electron chi connectivity index (χ2n) is 20.6. The highest BCUT2D eigenvalue weighted by Crippen LogP contribution is 2.16. The first kappa shape index (κ1) is 66.6. The molecule has 0 aromatic rings. The van der Waals surface area contributed by atoms with Crippen molar-refractivity contribution in [3.63, 3.8) is 0 Å². The summed E-state index contributed by atoms with van der Waals surface area (Å²) in [5.41, 5.74) is 0. The Balaban J connectivity index is 4.32. The largest absolute Gasteiger partial charge is 0.462 e. The molecule has 0 saturated carbocycles. The fourth-order valence-corrected chi connectivity index (χ4v) is 8.96. The van der Waals surface area contributed by atoms with E-state index in [0.717, 1.165) is 64.2 Å². The van der Waals surface area contributed by atoms with Crippen LogP contribution < -0.4 is 0 Å². The highest BCUT2D eigenvalue weighted by atomic mass is 16.6. The van der Waals surface area contributed by atoms with Gasteiger partial charge in [0.1, 0.15) is 13.2 Å². The molecule has 0 spiro atoms. The molecule has 0 N–H and O–H groups in total. The number of carbonyl (C=O) groups is 3. The van der Waals surface area contributed by atoms with Crippen molar-refractivity contribution in [2.45, 2.75) is 335 Å². The van der Waals surface area contributed by atoms with Crippen LogP contribution in [0.4, 0.5) is 0 Å². The van der Waals surface area contributed by atoms with Gasteiger partial charge in [0.05, 0.1) is 0 Å². The van der Waals surface area contributed by atoms with E-state index in [4.69, 9.17) is 14.2 Å². The van der Waals surface area contributed by atoms with Crippen molar-refractivity contribution in [1.82, 2.24) is 0 Å². The highest BCUT2D eigenvalue weighted by molar-refractivity contribution is 5.71. The summed E-state index contributed by atoms with van der Waals surface area (Å²) in [7, 11) is 0. The van der Waals surface area contributed by atoms with Crippen LogP contribution in [0.3, 0.4) is 0 Å². The standard InChI is InChI=1S/C63H116O6/c1-4-7-10-13-16-19-22-25-28-29-30-31-32-33-36-38-41-44-47-50-53-56-62(65)68-59-60(69-63(66)57-54-51-48-45-42-39-35-27-24-21-18-15-12-9-6-3)58-67-61(64)55-52-49-46-43-40-37-34-26-23-20-17-14-11-8-5-2/h21,24-26,28,34,60H,4-20,22-23,27,29-33,35-59H2,1-3H3/b24-21-,28-25-,34-26-/t60-/m0/s1. The smallest absolute Gasteiger partial charge is 0.306 e. The maximum atomic E-state index is 12.9. The van der Waals surface area contributed by atoms with Crippen LogP contribution >= 0.6 is 0 Å². The minimum absolute atomic E-state index is 0.0741. The van der Waals surface area contributed by atoms with Gasteiger partial charge in [0.15, 0.2) is 6.10 Å². The van der Waals surface area contributed by atoms with Crippen molar-refractivity contribution in [2.24, 2.45) is 0 Å². The lowest BCUT2D eigenvalue weighted by molar-refractivity contribution is -0.167. The van der Waals surface area contributed by atoms with Crippen LogP contribution in [0.2, 0.25) is 0 Å². The number of rotatable bonds is 56. The zero-order valence-corrected chi connectivity index (χ0v) is 46.3. The minimum atomic E-state index is -0.776. The molecule has 1 atom stereocenters. The van der Waals surface area contributed by atoms with Crippen LogP contribution in [0, 0.1) is 0 Å². The number of carbonyl (C=O) groups excluding carboxylic acids is 3. The highest BCUT2D eigenvalue weighted by Gasteiger charge is 2.19. The number of hydrogen-bond acceptors (Lipinski definition) is 6. The zero-order valence-electron chi connectivity index (χ0n) is 46.3. The van der Waals surface area contributed by atoms with Gasteiger partial charge in [0, 0.05) is 19.3 Å². The summed E-state index contributed by atoms with van der Waals surface area (Å²) < 4.78 is 16.9. The number of unbranched alkanes of at least 4 members (excludes halogenated alkanes) is 39. The van der Waals surface area contributed by atoms with Gasteiger partial charge in [-0.1, -0.05) is 250 Å². The second-order valence-corrected chi connectivity index (χ2v) is 20.6. The maximum Gasteiger partial charge on any atom is 0.306 e. The van der Waals surface area contributed by atoms with Gasteiger partial charge < -0.3 is 14.2 Å². The van der Waals surface area contributed by atoms with Crippen LogP contribution in [0.1, 0.15) is 329 Å². The molecule has 6 nitrogen and oxygen atoms in total. The maximum absolute atomic E-state index is 12.9. The molecule has 404 valence electrons. The molecule has 0 rings (SSSR count). The van der Waals surface area contributed by atoms with Crippen molar-refractivity contribution >= 4 is 17.9 Å². The molecule has 0 saturated heterocycles. The first-order chi connectivity index (χ1) is 34.0. The monoisotopic (exact) mass is 969 g/mol. The molecule has 0 aliphatic rings. The summed E-state index contributed by atoms with van der Waals surface area (Å²) in [6.07, 6.45) is 69.9. The third-order valence-corrected chi connectivity index (χ3v) is 13.6. The summed E-state index contributed by atoms with van der Waals surface area (Å²) in [5.74, 6) is -0.870. The molecule has 0 aliphatic heterocycles. The van der Waals surface area contributed by atoms with Gasteiger partial charge in [-0.2, -0.15) is 0 Å². The first-order valence-corrected chi connectivity index (χ1v) is 30.5. The second kappa shape index (κ2) is 58.2. The van der Waals surface area contributed by atoms with E-state index in [0.29, 0.717) is 19.3 Å². The van der Waals surface area contributed by atoms with Crippen LogP contribution in [0.15, 0.2) is 36.5 Å². The average molecular weight is 970 g/mol. The van der Waals surface area contributed by atoms with Gasteiger partial charge in [-0.25, -0.2) is 0 Å². The Bertz CT molecular complexity index is 1160. The molecule has 0 aliphatic carbocycles. The van der Waals surface area contributed by atoms with E-state index in [2.05, 4.69) is 57.2 Å². The van der Waals surface area contributed by atoms with Crippen LogP contribution in [0.25, 0.3) is 0 Å². The van der Waals surface area contributed by atoms with Crippen molar-refractivity contribution in [3.8, 4) is 0 Å². The Kier molecular flexibility index (Phi) is 56.2. The molecule has 6 heteroatoms. The Morgan fingerprint density at radius 3 is 0.739 bits per heavy atom. The van der Waals surface area contributed by atoms with E-state index < -0.39 is 6.10 Å². The summed E-state index contributed by atoms with van der Waals surface area (Å²) in [6, 6.07) is 0. The summed E-state index contributed by atoms with van der Waals surface area (Å²) in [4.78, 5) is 38.2. The molecule has 0 unspecified atom stereocenters. The van der Waals surface area contributed by atoms with E-state index in [1.165, 1.54) is 225 Å². The predicted octanol–water partition coefficient (Wildman–Crippen LogP) is 20.4. The predicted molar refractivity (Wildman–Crippen MR) is 298 cm³/mol. The SMILES string of the molecule is CCCCCC/C=C\CCCCCCCCCC(=O)O[C@@H](COC(=O)CCCCCCC/C=C\CCCCCCCC)COC(=O)CCCCCCCCCCCCC/C=C\CCCCCCCC. The molecule has 0 aromatic heterocycles. The van der Waals surface area contributed by atoms with E-state index >= 15 is 0 Å². The van der Waals surface area contributed by atoms with Gasteiger partial charge >= 0.3 is 17.9 Å². The van der Waals surface area contributed by atoms with Gasteiger partial charge in [0.25, 0.3) is 0 Å². The third-order valence-electron chi connectivity index (χ3n) is 13.6. The molecule has 0 radical (unpaired) electrons. The summed E-state index contributed by atoms with van der Waals surface area (Å²) in [5, 5.41) is 0. The fourth-order valence-electron chi connectivity index (χ4n) is 8.96. The van der Waals surface area contributed by atoms with Gasteiger partial charge in [-0.3, -0.25) is 14.4 Å². The third kappa shape index (κ3) is 56.4.